The number of H-pyrrole nitrogens is 1. The fraction of sp³-hybridized carbons (Fsp3) is 0.0909. The number of hydrogen-bond acceptors (Lipinski definition) is 2. The Morgan fingerprint density at radius 1 is 1.40 bits per heavy atom. The molecule has 0 saturated carbocycles. The van der Waals surface area contributed by atoms with Gasteiger partial charge >= 0.3 is 0 Å². The Balaban J connectivity index is 2.55. The van der Waals surface area contributed by atoms with E-state index in [1.165, 1.54) is 12.3 Å². The standard InChI is InChI=1S/C11H9FN2O/c1-7-5-8(6-13-11(7)12)9-3-2-4-10(15)14-9/h2-6H,1H3,(H,14,15). The average molecular weight is 204 g/mol. The Morgan fingerprint density at radius 2 is 2.20 bits per heavy atom. The van der Waals surface area contributed by atoms with Gasteiger partial charge in [-0.1, -0.05) is 6.07 Å². The number of pyridine rings is 2. The largest absolute Gasteiger partial charge is 0.322 e. The molecule has 15 heavy (non-hydrogen) atoms. The molecule has 0 atom stereocenters. The van der Waals surface area contributed by atoms with Crippen molar-refractivity contribution in [3.63, 3.8) is 0 Å². The Morgan fingerprint density at radius 3 is 2.87 bits per heavy atom. The summed E-state index contributed by atoms with van der Waals surface area (Å²) in [5.41, 5.74) is 1.61. The Labute approximate surface area is 85.6 Å². The monoisotopic (exact) mass is 204 g/mol. The van der Waals surface area contributed by atoms with Crippen molar-refractivity contribution >= 4 is 0 Å². The molecule has 0 radical (unpaired) electrons. The van der Waals surface area contributed by atoms with Crippen LogP contribution in [-0.4, -0.2) is 9.97 Å². The van der Waals surface area contributed by atoms with Gasteiger partial charge in [0.25, 0.3) is 0 Å². The summed E-state index contributed by atoms with van der Waals surface area (Å²) in [6, 6.07) is 6.46. The lowest BCUT2D eigenvalue weighted by atomic mass is 10.1. The third-order valence-corrected chi connectivity index (χ3v) is 2.09. The van der Waals surface area contributed by atoms with E-state index >= 15 is 0 Å². The van der Waals surface area contributed by atoms with Crippen LogP contribution in [-0.2, 0) is 0 Å². The molecule has 0 saturated heterocycles. The van der Waals surface area contributed by atoms with E-state index in [1.807, 2.05) is 0 Å². The van der Waals surface area contributed by atoms with Crippen LogP contribution in [0.1, 0.15) is 5.56 Å². The summed E-state index contributed by atoms with van der Waals surface area (Å²) in [4.78, 5) is 17.3. The smallest absolute Gasteiger partial charge is 0.248 e. The van der Waals surface area contributed by atoms with Crippen LogP contribution in [0.5, 0.6) is 0 Å². The van der Waals surface area contributed by atoms with E-state index in [4.69, 9.17) is 0 Å². The molecule has 0 aliphatic carbocycles. The first-order chi connectivity index (χ1) is 7.16. The maximum absolute atomic E-state index is 12.9. The van der Waals surface area contributed by atoms with Gasteiger partial charge in [0.15, 0.2) is 0 Å². The molecule has 0 spiro atoms. The minimum absolute atomic E-state index is 0.186. The van der Waals surface area contributed by atoms with E-state index in [2.05, 4.69) is 9.97 Å². The van der Waals surface area contributed by atoms with E-state index in [9.17, 15) is 9.18 Å². The van der Waals surface area contributed by atoms with Crippen molar-refractivity contribution in [2.45, 2.75) is 6.92 Å². The van der Waals surface area contributed by atoms with Crippen molar-refractivity contribution in [3.05, 3.63) is 52.3 Å². The van der Waals surface area contributed by atoms with Crippen molar-refractivity contribution < 1.29 is 4.39 Å². The number of nitrogens with zero attached hydrogens (tertiary/aromatic N) is 1. The lowest BCUT2D eigenvalue weighted by Crippen LogP contribution is -2.03. The molecule has 3 nitrogen and oxygen atoms in total. The van der Waals surface area contributed by atoms with Gasteiger partial charge in [-0.15, -0.1) is 0 Å². The van der Waals surface area contributed by atoms with E-state index in [-0.39, 0.29) is 5.56 Å². The summed E-state index contributed by atoms with van der Waals surface area (Å²) in [6.07, 6.45) is 1.40. The molecule has 0 amide bonds. The third-order valence-electron chi connectivity index (χ3n) is 2.09. The number of rotatable bonds is 1. The fourth-order valence-corrected chi connectivity index (χ4v) is 1.32. The molecule has 4 heteroatoms. The Hall–Kier alpha value is -1.97. The second-order valence-electron chi connectivity index (χ2n) is 3.26. The van der Waals surface area contributed by atoms with Crippen LogP contribution in [0.25, 0.3) is 11.3 Å². The van der Waals surface area contributed by atoms with Crippen molar-refractivity contribution in [2.24, 2.45) is 0 Å². The highest BCUT2D eigenvalue weighted by atomic mass is 19.1. The zero-order valence-electron chi connectivity index (χ0n) is 8.12. The number of aryl methyl sites for hydroxylation is 1. The minimum atomic E-state index is -0.489. The number of aromatic nitrogens is 2. The van der Waals surface area contributed by atoms with Gasteiger partial charge in [-0.3, -0.25) is 4.79 Å². The molecule has 0 bridgehead atoms. The van der Waals surface area contributed by atoms with Gasteiger partial charge in [0.05, 0.1) is 0 Å². The van der Waals surface area contributed by atoms with Crippen molar-refractivity contribution in [3.8, 4) is 11.3 Å². The Bertz CT molecular complexity index is 548. The van der Waals surface area contributed by atoms with E-state index in [1.54, 1.807) is 25.1 Å². The number of hydrogen-bond donors (Lipinski definition) is 1. The van der Waals surface area contributed by atoms with Gasteiger partial charge < -0.3 is 4.98 Å². The molecule has 76 valence electrons. The summed E-state index contributed by atoms with van der Waals surface area (Å²) < 4.78 is 12.9. The van der Waals surface area contributed by atoms with Crippen LogP contribution in [0.3, 0.4) is 0 Å². The zero-order valence-corrected chi connectivity index (χ0v) is 8.12. The summed E-state index contributed by atoms with van der Waals surface area (Å²) >= 11 is 0. The molecule has 0 aliphatic rings. The van der Waals surface area contributed by atoms with Crippen LogP contribution in [0.15, 0.2) is 35.3 Å². The third kappa shape index (κ3) is 1.93. The molecule has 2 rings (SSSR count). The van der Waals surface area contributed by atoms with Crippen LogP contribution in [0.2, 0.25) is 0 Å². The first-order valence-corrected chi connectivity index (χ1v) is 4.48. The molecule has 0 aromatic carbocycles. The number of nitrogens with one attached hydrogen (secondary N) is 1. The molecular weight excluding hydrogens is 195 g/mol. The fourth-order valence-electron chi connectivity index (χ4n) is 1.32. The number of halogens is 1. The van der Waals surface area contributed by atoms with Gasteiger partial charge in [-0.25, -0.2) is 4.98 Å². The molecule has 0 fully saturated rings. The first-order valence-electron chi connectivity index (χ1n) is 4.48. The Kier molecular flexibility index (Phi) is 2.33. The molecule has 2 heterocycles. The molecule has 1 N–H and O–H groups in total. The number of aromatic amines is 1. The quantitative estimate of drug-likeness (QED) is 0.721. The highest BCUT2D eigenvalue weighted by Crippen LogP contribution is 2.16. The predicted molar refractivity (Wildman–Crippen MR) is 55.0 cm³/mol. The van der Waals surface area contributed by atoms with Crippen molar-refractivity contribution in [1.82, 2.24) is 9.97 Å². The molecular formula is C11H9FN2O. The van der Waals surface area contributed by atoms with Crippen LogP contribution in [0, 0.1) is 12.9 Å². The van der Waals surface area contributed by atoms with Gasteiger partial charge in [0.1, 0.15) is 0 Å². The summed E-state index contributed by atoms with van der Waals surface area (Å²) in [5.74, 6) is -0.489. The van der Waals surface area contributed by atoms with Crippen LogP contribution in [0.4, 0.5) is 4.39 Å². The normalized spacial score (nSPS) is 10.3. The van der Waals surface area contributed by atoms with Crippen LogP contribution < -0.4 is 5.56 Å². The maximum Gasteiger partial charge on any atom is 0.248 e. The van der Waals surface area contributed by atoms with Gasteiger partial charge in [-0.05, 0) is 19.1 Å². The first kappa shape index (κ1) is 9.58. The predicted octanol–water partition coefficient (Wildman–Crippen LogP) is 1.88. The van der Waals surface area contributed by atoms with Crippen molar-refractivity contribution in [1.29, 1.82) is 0 Å². The SMILES string of the molecule is Cc1cc(-c2cccc(=O)[nH]2)cnc1F. The summed E-state index contributed by atoms with van der Waals surface area (Å²) in [6.45, 7) is 1.63. The topological polar surface area (TPSA) is 45.8 Å². The zero-order chi connectivity index (χ0) is 10.8. The van der Waals surface area contributed by atoms with E-state index in [0.717, 1.165) is 0 Å². The molecule has 2 aromatic heterocycles. The summed E-state index contributed by atoms with van der Waals surface area (Å²) in [7, 11) is 0. The van der Waals surface area contributed by atoms with E-state index < -0.39 is 5.95 Å². The molecule has 0 unspecified atom stereocenters. The lowest BCUT2D eigenvalue weighted by Gasteiger charge is -2.02. The average Bonchev–Trinajstić information content (AvgIpc) is 2.22. The van der Waals surface area contributed by atoms with Gasteiger partial charge in [0, 0.05) is 29.1 Å². The second-order valence-corrected chi connectivity index (χ2v) is 3.26. The lowest BCUT2D eigenvalue weighted by molar-refractivity contribution is 0.575. The van der Waals surface area contributed by atoms with E-state index in [0.29, 0.717) is 16.8 Å². The van der Waals surface area contributed by atoms with Crippen molar-refractivity contribution in [2.75, 3.05) is 0 Å². The minimum Gasteiger partial charge on any atom is -0.322 e. The molecule has 0 aliphatic heterocycles. The molecule has 2 aromatic rings. The van der Waals surface area contributed by atoms with Gasteiger partial charge in [0.2, 0.25) is 11.5 Å². The van der Waals surface area contributed by atoms with Gasteiger partial charge in [-0.2, -0.15) is 4.39 Å². The van der Waals surface area contributed by atoms with Crippen LogP contribution >= 0.6 is 0 Å². The maximum atomic E-state index is 12.9. The second kappa shape index (κ2) is 3.65. The highest BCUT2D eigenvalue weighted by Gasteiger charge is 2.02. The summed E-state index contributed by atoms with van der Waals surface area (Å²) in [5, 5.41) is 0. The highest BCUT2D eigenvalue weighted by molar-refractivity contribution is 5.58.